The Bertz CT molecular complexity index is 1190. The summed E-state index contributed by atoms with van der Waals surface area (Å²) in [5, 5.41) is 3.01. The third-order valence-corrected chi connectivity index (χ3v) is 6.49. The van der Waals surface area contributed by atoms with Gasteiger partial charge < -0.3 is 9.64 Å². The Morgan fingerprint density at radius 2 is 2.06 bits per heavy atom. The van der Waals surface area contributed by atoms with Gasteiger partial charge in [-0.2, -0.15) is 4.57 Å². The van der Waals surface area contributed by atoms with Crippen molar-refractivity contribution in [3.8, 4) is 0 Å². The number of rotatable bonds is 6. The van der Waals surface area contributed by atoms with Crippen LogP contribution < -0.4 is 9.47 Å². The average Bonchev–Trinajstić information content (AvgIpc) is 3.11. The maximum absolute atomic E-state index is 11.2. The number of aromatic nitrogens is 1. The minimum atomic E-state index is -0.258. The van der Waals surface area contributed by atoms with Crippen LogP contribution in [0.5, 0.6) is 0 Å². The van der Waals surface area contributed by atoms with Crippen molar-refractivity contribution in [2.24, 2.45) is 0 Å². The molecule has 0 aliphatic carbocycles. The predicted molar refractivity (Wildman–Crippen MR) is 128 cm³/mol. The lowest BCUT2D eigenvalue weighted by Gasteiger charge is -2.19. The molecule has 6 heteroatoms. The Morgan fingerprint density at radius 3 is 2.87 bits per heavy atom. The van der Waals surface area contributed by atoms with Crippen molar-refractivity contribution < 1.29 is 14.1 Å². The first-order chi connectivity index (χ1) is 15.1. The van der Waals surface area contributed by atoms with Crippen LogP contribution in [0.1, 0.15) is 19.4 Å². The molecule has 0 spiro atoms. The van der Waals surface area contributed by atoms with E-state index >= 15 is 0 Å². The van der Waals surface area contributed by atoms with Crippen molar-refractivity contribution >= 4 is 52.0 Å². The summed E-state index contributed by atoms with van der Waals surface area (Å²) in [6, 6.07) is 16.4. The highest BCUT2D eigenvalue weighted by Crippen LogP contribution is 2.45. The summed E-state index contributed by atoms with van der Waals surface area (Å²) >= 11 is 7.96. The maximum Gasteiger partial charge on any atom is 0.302 e. The van der Waals surface area contributed by atoms with Crippen LogP contribution in [0.15, 0.2) is 76.8 Å². The van der Waals surface area contributed by atoms with Crippen LogP contribution in [0.4, 0.5) is 5.69 Å². The molecule has 0 atom stereocenters. The average molecular weight is 452 g/mol. The van der Waals surface area contributed by atoms with Gasteiger partial charge in [-0.15, -0.1) is 0 Å². The number of hydrogen-bond acceptors (Lipinski definition) is 4. The van der Waals surface area contributed by atoms with Crippen LogP contribution in [0, 0.1) is 0 Å². The van der Waals surface area contributed by atoms with E-state index in [0.29, 0.717) is 13.2 Å². The topological polar surface area (TPSA) is 33.4 Å². The van der Waals surface area contributed by atoms with Crippen molar-refractivity contribution in [2.75, 3.05) is 18.1 Å². The molecule has 2 heterocycles. The van der Waals surface area contributed by atoms with Crippen LogP contribution in [-0.4, -0.2) is 19.1 Å². The zero-order valence-electron chi connectivity index (χ0n) is 17.5. The van der Waals surface area contributed by atoms with E-state index in [9.17, 15) is 4.79 Å². The number of thioether (sulfide) groups is 1. The van der Waals surface area contributed by atoms with E-state index in [1.165, 1.54) is 11.8 Å². The summed E-state index contributed by atoms with van der Waals surface area (Å²) in [6.45, 7) is 5.42. The largest absolute Gasteiger partial charge is 0.464 e. The Labute approximate surface area is 191 Å². The van der Waals surface area contributed by atoms with Gasteiger partial charge >= 0.3 is 5.97 Å². The van der Waals surface area contributed by atoms with Gasteiger partial charge in [0.05, 0.1) is 22.6 Å². The summed E-state index contributed by atoms with van der Waals surface area (Å²) in [5.41, 5.74) is 3.40. The molecule has 4 rings (SSSR count). The number of carbonyl (C=O) groups excluding carboxylic acids is 1. The second-order valence-corrected chi connectivity index (χ2v) is 8.64. The first-order valence-corrected chi connectivity index (χ1v) is 11.4. The highest BCUT2D eigenvalue weighted by atomic mass is 35.5. The molecule has 158 valence electrons. The van der Waals surface area contributed by atoms with E-state index in [1.54, 1.807) is 11.8 Å². The Hall–Kier alpha value is -2.76. The van der Waals surface area contributed by atoms with Crippen LogP contribution in [0.25, 0.3) is 17.0 Å². The molecule has 3 aromatic rings. The van der Waals surface area contributed by atoms with Crippen molar-refractivity contribution in [3.63, 3.8) is 0 Å². The lowest BCUT2D eigenvalue weighted by atomic mass is 10.1. The van der Waals surface area contributed by atoms with Crippen LogP contribution in [0.3, 0.4) is 0 Å². The zero-order chi connectivity index (χ0) is 21.8. The van der Waals surface area contributed by atoms with Gasteiger partial charge in [-0.25, -0.2) is 0 Å². The molecule has 0 radical (unpaired) electrons. The second kappa shape index (κ2) is 9.58. The highest BCUT2D eigenvalue weighted by molar-refractivity contribution is 8.03. The van der Waals surface area contributed by atoms with E-state index < -0.39 is 0 Å². The predicted octanol–water partition coefficient (Wildman–Crippen LogP) is 5.83. The number of ether oxygens (including phenoxy) is 1. The molecule has 1 aliphatic heterocycles. The Morgan fingerprint density at radius 1 is 1.23 bits per heavy atom. The van der Waals surface area contributed by atoms with Gasteiger partial charge in [0.25, 0.3) is 0 Å². The van der Waals surface area contributed by atoms with Crippen LogP contribution >= 0.6 is 23.4 Å². The number of allylic oxidation sites excluding steroid dienone is 2. The maximum atomic E-state index is 11.2. The standard InChI is InChI=1S/C25H24ClN2O2S/c1-3-27-14-13-19(21-12-11-20(26)17-23(21)27)7-6-10-25-28(15-16-30-18(2)29)22-8-4-5-9-24(22)31-25/h4-14,17H,3,15-16H2,1-2H3/q+1. The number of aryl methyl sites for hydroxylation is 1. The minimum Gasteiger partial charge on any atom is -0.464 e. The fourth-order valence-electron chi connectivity index (χ4n) is 3.67. The van der Waals surface area contributed by atoms with E-state index in [2.05, 4.69) is 65.1 Å². The number of benzene rings is 2. The number of pyridine rings is 1. The molecule has 0 bridgehead atoms. The number of fused-ring (bicyclic) bond motifs is 2. The fraction of sp³-hybridized carbons (Fsp3) is 0.200. The van der Waals surface area contributed by atoms with Gasteiger partial charge in [-0.1, -0.05) is 47.6 Å². The van der Waals surface area contributed by atoms with Crippen LogP contribution in [0.2, 0.25) is 5.02 Å². The molecule has 0 fully saturated rings. The van der Waals surface area contributed by atoms with Gasteiger partial charge in [0.15, 0.2) is 6.20 Å². The molecule has 31 heavy (non-hydrogen) atoms. The number of anilines is 1. The quantitative estimate of drug-likeness (QED) is 0.348. The third kappa shape index (κ3) is 4.78. The smallest absolute Gasteiger partial charge is 0.302 e. The minimum absolute atomic E-state index is 0.258. The molecular formula is C25H24ClN2O2S+. The molecule has 0 saturated heterocycles. The van der Waals surface area contributed by atoms with Gasteiger partial charge in [0.2, 0.25) is 5.52 Å². The monoisotopic (exact) mass is 451 g/mol. The lowest BCUT2D eigenvalue weighted by molar-refractivity contribution is -0.667. The number of nitrogens with zero attached hydrogens (tertiary/aromatic N) is 2. The first kappa shape index (κ1) is 21.5. The van der Waals surface area contributed by atoms with Gasteiger partial charge in [0.1, 0.15) is 13.2 Å². The van der Waals surface area contributed by atoms with E-state index in [0.717, 1.165) is 38.8 Å². The lowest BCUT2D eigenvalue weighted by Crippen LogP contribution is -2.32. The number of halogens is 1. The number of para-hydroxylation sites is 1. The first-order valence-electron chi connectivity index (χ1n) is 10.2. The number of carbonyl (C=O) groups is 1. The zero-order valence-corrected chi connectivity index (χ0v) is 19.1. The number of esters is 1. The van der Waals surface area contributed by atoms with E-state index in [4.69, 9.17) is 16.3 Å². The molecule has 4 nitrogen and oxygen atoms in total. The van der Waals surface area contributed by atoms with E-state index in [-0.39, 0.29) is 5.97 Å². The Kier molecular flexibility index (Phi) is 6.64. The molecule has 0 amide bonds. The third-order valence-electron chi connectivity index (χ3n) is 5.13. The molecule has 2 aromatic carbocycles. The van der Waals surface area contributed by atoms with Crippen molar-refractivity contribution in [2.45, 2.75) is 25.3 Å². The molecule has 0 saturated carbocycles. The van der Waals surface area contributed by atoms with Crippen molar-refractivity contribution in [1.29, 1.82) is 0 Å². The number of hydrogen-bond donors (Lipinski definition) is 0. The van der Waals surface area contributed by atoms with Gasteiger partial charge in [0, 0.05) is 29.0 Å². The molecule has 1 aliphatic rings. The summed E-state index contributed by atoms with van der Waals surface area (Å²) in [4.78, 5) is 14.6. The van der Waals surface area contributed by atoms with E-state index in [1.807, 2.05) is 24.3 Å². The fourth-order valence-corrected chi connectivity index (χ4v) is 4.94. The second-order valence-electron chi connectivity index (χ2n) is 7.14. The van der Waals surface area contributed by atoms with Crippen LogP contribution in [-0.2, 0) is 16.1 Å². The van der Waals surface area contributed by atoms with Gasteiger partial charge in [-0.05, 0) is 42.8 Å². The normalized spacial score (nSPS) is 14.5. The van der Waals surface area contributed by atoms with Crippen molar-refractivity contribution in [1.82, 2.24) is 0 Å². The molecule has 1 aromatic heterocycles. The SMILES string of the molecule is CC[n+]1ccc(/C=C/C=C2\Sc3ccccc3N2CCOC(C)=O)c2ccc(Cl)cc21. The molecule has 0 unspecified atom stereocenters. The molecule has 0 N–H and O–H groups in total. The summed E-state index contributed by atoms with van der Waals surface area (Å²) in [7, 11) is 0. The summed E-state index contributed by atoms with van der Waals surface area (Å²) in [6.07, 6.45) is 8.40. The molecular weight excluding hydrogens is 428 g/mol. The van der Waals surface area contributed by atoms with Gasteiger partial charge in [-0.3, -0.25) is 4.79 Å². The van der Waals surface area contributed by atoms with Crippen molar-refractivity contribution in [3.05, 3.63) is 82.5 Å². The Balaban J connectivity index is 1.62. The summed E-state index contributed by atoms with van der Waals surface area (Å²) < 4.78 is 7.36. The highest BCUT2D eigenvalue weighted by Gasteiger charge is 2.24. The summed E-state index contributed by atoms with van der Waals surface area (Å²) in [5.74, 6) is -0.258.